The molecule has 0 saturated carbocycles. The van der Waals surface area contributed by atoms with Gasteiger partial charge in [-0.15, -0.1) is 0 Å². The minimum absolute atomic E-state index is 0.874. The van der Waals surface area contributed by atoms with Gasteiger partial charge in [-0.3, -0.25) is 4.90 Å². The maximum atomic E-state index is 5.39. The van der Waals surface area contributed by atoms with E-state index in [1.165, 1.54) is 27.4 Å². The van der Waals surface area contributed by atoms with Crippen LogP contribution in [0, 0.1) is 13.8 Å². The highest BCUT2D eigenvalue weighted by Crippen LogP contribution is 2.35. The first-order valence-corrected chi connectivity index (χ1v) is 10.6. The van der Waals surface area contributed by atoms with Crippen molar-refractivity contribution in [1.29, 1.82) is 0 Å². The third-order valence-corrected chi connectivity index (χ3v) is 5.65. The molecule has 0 amide bonds. The fourth-order valence-corrected chi connectivity index (χ4v) is 3.72. The first-order chi connectivity index (χ1) is 15.0. The highest BCUT2D eigenvalue weighted by Gasteiger charge is 2.15. The molecule has 4 aromatic carbocycles. The predicted molar refractivity (Wildman–Crippen MR) is 130 cm³/mol. The Balaban J connectivity index is 1.69. The van der Waals surface area contributed by atoms with Crippen LogP contribution in [0.3, 0.4) is 0 Å². The first kappa shape index (κ1) is 20.7. The number of hydrogen-bond donors (Lipinski definition) is 1. The molecule has 3 nitrogen and oxygen atoms in total. The van der Waals surface area contributed by atoms with Crippen molar-refractivity contribution in [2.75, 3.05) is 19.1 Å². The fourth-order valence-electron chi connectivity index (χ4n) is 3.72. The normalized spacial score (nSPS) is 11.7. The van der Waals surface area contributed by atoms with Gasteiger partial charge in [0.1, 0.15) is 17.1 Å². The third-order valence-electron chi connectivity index (χ3n) is 5.65. The number of ether oxygens (including phenoxy) is 1. The topological polar surface area (TPSA) is 16.9 Å². The van der Waals surface area contributed by atoms with Gasteiger partial charge >= 0.3 is 0 Å². The Kier molecular flexibility index (Phi) is 6.06. The number of hydrogen-bond acceptors (Lipinski definition) is 2. The van der Waals surface area contributed by atoms with Crippen LogP contribution in [0.5, 0.6) is 5.75 Å². The van der Waals surface area contributed by atoms with E-state index in [1.807, 2.05) is 12.1 Å². The van der Waals surface area contributed by atoms with Gasteiger partial charge in [0.2, 0.25) is 0 Å². The monoisotopic (exact) mass is 409 g/mol. The van der Waals surface area contributed by atoms with Crippen molar-refractivity contribution in [3.8, 4) is 5.75 Å². The second-order valence-corrected chi connectivity index (χ2v) is 7.91. The van der Waals surface area contributed by atoms with Crippen molar-refractivity contribution in [1.82, 2.24) is 0 Å². The summed E-state index contributed by atoms with van der Waals surface area (Å²) in [5, 5.41) is 0. The van der Waals surface area contributed by atoms with Crippen molar-refractivity contribution in [3.05, 3.63) is 108 Å². The van der Waals surface area contributed by atoms with E-state index in [0.29, 0.717) is 0 Å². The molecule has 0 spiro atoms. The second-order valence-electron chi connectivity index (χ2n) is 7.91. The van der Waals surface area contributed by atoms with E-state index in [1.54, 1.807) is 7.11 Å². The van der Waals surface area contributed by atoms with Gasteiger partial charge in [0.25, 0.3) is 0 Å². The van der Waals surface area contributed by atoms with Crippen LogP contribution >= 0.6 is 0 Å². The van der Waals surface area contributed by atoms with E-state index in [-0.39, 0.29) is 0 Å². The minimum Gasteiger partial charge on any atom is -0.497 e. The zero-order valence-electron chi connectivity index (χ0n) is 18.6. The molecule has 0 heterocycles. The van der Waals surface area contributed by atoms with Gasteiger partial charge in [0, 0.05) is 35.3 Å². The summed E-state index contributed by atoms with van der Waals surface area (Å²) in [4.78, 5) is 3.52. The van der Waals surface area contributed by atoms with E-state index in [2.05, 4.69) is 111 Å². The van der Waals surface area contributed by atoms with Gasteiger partial charge in [-0.2, -0.15) is 0 Å². The molecule has 3 heteroatoms. The van der Waals surface area contributed by atoms with Crippen LogP contribution in [0.1, 0.15) is 11.1 Å². The lowest BCUT2D eigenvalue weighted by Gasteiger charge is -2.26. The van der Waals surface area contributed by atoms with Gasteiger partial charge in [-0.25, -0.2) is 0 Å². The van der Waals surface area contributed by atoms with Gasteiger partial charge in [-0.05, 0) is 62.4 Å². The number of aryl methyl sites for hydroxylation is 2. The molecule has 1 atom stereocenters. The van der Waals surface area contributed by atoms with E-state index >= 15 is 0 Å². The van der Waals surface area contributed by atoms with Crippen molar-refractivity contribution in [3.63, 3.8) is 0 Å². The van der Waals surface area contributed by atoms with Gasteiger partial charge in [0.15, 0.2) is 0 Å². The smallest absolute Gasteiger partial charge is 0.139 e. The lowest BCUT2D eigenvalue weighted by Crippen LogP contribution is -2.98. The largest absolute Gasteiger partial charge is 0.497 e. The number of rotatable bonds is 6. The maximum Gasteiger partial charge on any atom is 0.139 e. The van der Waals surface area contributed by atoms with Crippen LogP contribution in [0.15, 0.2) is 97.1 Å². The summed E-state index contributed by atoms with van der Waals surface area (Å²) in [6.45, 7) is 4.23. The molecule has 0 bridgehead atoms. The van der Waals surface area contributed by atoms with Crippen molar-refractivity contribution < 1.29 is 9.64 Å². The number of anilines is 3. The van der Waals surface area contributed by atoms with Crippen molar-refractivity contribution in [2.45, 2.75) is 13.8 Å². The molecule has 1 N–H and O–H groups in total. The van der Waals surface area contributed by atoms with Crippen LogP contribution < -0.4 is 14.5 Å². The second kappa shape index (κ2) is 9.07. The molecule has 0 aliphatic carbocycles. The molecular weight excluding hydrogens is 380 g/mol. The lowest BCUT2D eigenvalue weighted by molar-refractivity contribution is -0.735. The quantitative estimate of drug-likeness (QED) is 0.405. The molecule has 0 aromatic heterocycles. The molecule has 4 aromatic rings. The van der Waals surface area contributed by atoms with Crippen LogP contribution in [0.2, 0.25) is 0 Å². The SMILES string of the molecule is COc1cccc([NH+](C)c2ccc(N(c3ccc(C)cc3)c3ccc(C)cc3)cc2)c1. The molecule has 31 heavy (non-hydrogen) atoms. The Labute approximate surface area is 185 Å². The zero-order valence-corrected chi connectivity index (χ0v) is 18.6. The third kappa shape index (κ3) is 4.62. The Morgan fingerprint density at radius 2 is 1.10 bits per heavy atom. The average molecular weight is 410 g/mol. The molecule has 0 saturated heterocycles. The highest BCUT2D eigenvalue weighted by atomic mass is 16.5. The standard InChI is InChI=1S/C28H28N2O/c1-21-8-12-24(13-9-21)30(25-14-10-22(2)11-15-25)26-18-16-23(17-19-26)29(3)27-6-5-7-28(20-27)31-4/h5-20H,1-4H3/p+1. The first-order valence-electron chi connectivity index (χ1n) is 10.6. The summed E-state index contributed by atoms with van der Waals surface area (Å²) in [7, 11) is 3.86. The summed E-state index contributed by atoms with van der Waals surface area (Å²) >= 11 is 0. The summed E-state index contributed by atoms with van der Waals surface area (Å²) in [6.07, 6.45) is 0. The summed E-state index contributed by atoms with van der Waals surface area (Å²) in [5.41, 5.74) is 8.31. The van der Waals surface area contributed by atoms with E-state index in [0.717, 1.165) is 22.8 Å². The van der Waals surface area contributed by atoms with E-state index < -0.39 is 0 Å². The molecule has 4 rings (SSSR count). The Bertz CT molecular complexity index is 1090. The molecule has 0 radical (unpaired) electrons. The number of quaternary nitrogens is 1. The molecule has 0 fully saturated rings. The number of methoxy groups -OCH3 is 1. The van der Waals surface area contributed by atoms with E-state index in [4.69, 9.17) is 4.74 Å². The number of nitrogens with zero attached hydrogens (tertiary/aromatic N) is 1. The molecular formula is C28H29N2O+. The number of benzene rings is 4. The van der Waals surface area contributed by atoms with Crippen LogP contribution in [-0.4, -0.2) is 14.2 Å². The minimum atomic E-state index is 0.874. The molecule has 156 valence electrons. The average Bonchev–Trinajstić information content (AvgIpc) is 2.82. The highest BCUT2D eigenvalue weighted by molar-refractivity contribution is 5.77. The lowest BCUT2D eigenvalue weighted by atomic mass is 10.1. The Morgan fingerprint density at radius 1 is 0.613 bits per heavy atom. The van der Waals surface area contributed by atoms with E-state index in [9.17, 15) is 0 Å². The van der Waals surface area contributed by atoms with Gasteiger partial charge < -0.3 is 9.64 Å². The van der Waals surface area contributed by atoms with Crippen molar-refractivity contribution >= 4 is 28.4 Å². The maximum absolute atomic E-state index is 5.39. The van der Waals surface area contributed by atoms with Crippen LogP contribution in [0.4, 0.5) is 28.4 Å². The fraction of sp³-hybridized carbons (Fsp3) is 0.143. The van der Waals surface area contributed by atoms with Crippen molar-refractivity contribution in [2.24, 2.45) is 0 Å². The van der Waals surface area contributed by atoms with Crippen LogP contribution in [-0.2, 0) is 0 Å². The molecule has 0 aliphatic heterocycles. The zero-order chi connectivity index (χ0) is 21.8. The summed E-state index contributed by atoms with van der Waals surface area (Å²) < 4.78 is 5.39. The van der Waals surface area contributed by atoms with Gasteiger partial charge in [-0.1, -0.05) is 41.5 Å². The van der Waals surface area contributed by atoms with Crippen LogP contribution in [0.25, 0.3) is 0 Å². The molecule has 1 unspecified atom stereocenters. The molecule has 0 aliphatic rings. The number of nitrogens with one attached hydrogen (secondary N) is 1. The summed E-state index contributed by atoms with van der Waals surface area (Å²) in [5.74, 6) is 0.874. The Hall–Kier alpha value is -3.56. The Morgan fingerprint density at radius 3 is 1.58 bits per heavy atom. The van der Waals surface area contributed by atoms with Gasteiger partial charge in [0.05, 0.1) is 14.2 Å². The summed E-state index contributed by atoms with van der Waals surface area (Å²) in [6, 6.07) is 34.3. The predicted octanol–water partition coefficient (Wildman–Crippen LogP) is 6.26.